The molecule has 6 nitrogen and oxygen atoms in total. The molecule has 0 bridgehead atoms. The lowest BCUT2D eigenvalue weighted by atomic mass is 10.1. The van der Waals surface area contributed by atoms with Gasteiger partial charge in [-0.3, -0.25) is 14.8 Å². The Morgan fingerprint density at radius 1 is 1.33 bits per heavy atom. The van der Waals surface area contributed by atoms with Crippen molar-refractivity contribution >= 4 is 5.69 Å². The Balaban J connectivity index is 2.90. The molecule has 0 saturated carbocycles. The van der Waals surface area contributed by atoms with Gasteiger partial charge in [0.2, 0.25) is 0 Å². The van der Waals surface area contributed by atoms with Crippen molar-refractivity contribution in [3.63, 3.8) is 0 Å². The van der Waals surface area contributed by atoms with Crippen LogP contribution in [0.25, 0.3) is 0 Å². The summed E-state index contributed by atoms with van der Waals surface area (Å²) in [5.41, 5.74) is 1.61. The van der Waals surface area contributed by atoms with E-state index in [1.165, 1.54) is 0 Å². The second-order valence-electron chi connectivity index (χ2n) is 6.62. The van der Waals surface area contributed by atoms with E-state index in [-0.39, 0.29) is 16.1 Å². The van der Waals surface area contributed by atoms with Gasteiger partial charge in [0.15, 0.2) is 0 Å². The molecular weight excluding hydrogens is 268 g/mol. The van der Waals surface area contributed by atoms with Crippen LogP contribution >= 0.6 is 0 Å². The van der Waals surface area contributed by atoms with Gasteiger partial charge in [0.1, 0.15) is 11.4 Å². The molecule has 0 aromatic carbocycles. The van der Waals surface area contributed by atoms with Crippen molar-refractivity contribution in [2.24, 2.45) is 5.92 Å². The monoisotopic (exact) mass is 296 g/mol. The molecule has 0 aliphatic carbocycles. The lowest BCUT2D eigenvalue weighted by Crippen LogP contribution is -2.39. The van der Waals surface area contributed by atoms with Gasteiger partial charge in [0.05, 0.1) is 4.92 Å². The van der Waals surface area contributed by atoms with E-state index < -0.39 is 0 Å². The summed E-state index contributed by atoms with van der Waals surface area (Å²) in [6.45, 7) is 13.9. The molecule has 0 aliphatic heterocycles. The quantitative estimate of drug-likeness (QED) is 0.620. The van der Waals surface area contributed by atoms with Gasteiger partial charge in [-0.2, -0.15) is 5.10 Å². The van der Waals surface area contributed by atoms with Crippen LogP contribution in [0.5, 0.6) is 0 Å². The first-order chi connectivity index (χ1) is 9.69. The van der Waals surface area contributed by atoms with Crippen molar-refractivity contribution in [2.75, 3.05) is 6.54 Å². The maximum atomic E-state index is 11.3. The summed E-state index contributed by atoms with van der Waals surface area (Å²) < 4.78 is 1.83. The highest BCUT2D eigenvalue weighted by Crippen LogP contribution is 2.25. The van der Waals surface area contributed by atoms with Crippen LogP contribution in [0.1, 0.15) is 52.9 Å². The molecule has 0 aliphatic rings. The molecule has 0 radical (unpaired) electrons. The minimum atomic E-state index is -0.292. The molecule has 1 N–H and O–H groups in total. The molecular formula is C15H28N4O2. The first-order valence-corrected chi connectivity index (χ1v) is 7.67. The molecule has 1 aromatic rings. The highest BCUT2D eigenvalue weighted by Gasteiger charge is 2.26. The van der Waals surface area contributed by atoms with E-state index in [1.807, 2.05) is 18.5 Å². The zero-order valence-corrected chi connectivity index (χ0v) is 14.1. The molecule has 1 rings (SSSR count). The van der Waals surface area contributed by atoms with E-state index in [9.17, 15) is 10.1 Å². The second-order valence-corrected chi connectivity index (χ2v) is 6.62. The number of nitrogens with one attached hydrogen (secondary N) is 1. The largest absolute Gasteiger partial charge is 0.313 e. The summed E-state index contributed by atoms with van der Waals surface area (Å²) in [4.78, 5) is 11.0. The van der Waals surface area contributed by atoms with Crippen LogP contribution in [0.2, 0.25) is 0 Å². The highest BCUT2D eigenvalue weighted by molar-refractivity contribution is 5.41. The van der Waals surface area contributed by atoms with Gasteiger partial charge in [-0.15, -0.1) is 0 Å². The molecule has 0 amide bonds. The van der Waals surface area contributed by atoms with E-state index in [4.69, 9.17) is 0 Å². The minimum Gasteiger partial charge on any atom is -0.312 e. The Morgan fingerprint density at radius 3 is 2.38 bits per heavy atom. The molecule has 1 atom stereocenters. The predicted octanol–water partition coefficient (Wildman–Crippen LogP) is 2.94. The standard InChI is InChI=1S/C15H28N4O2/c1-7-12-14(19(20)21)13(8-2)18(17-12)10-11(3)9-16-15(4,5)6/h11,16H,7-10H2,1-6H3. The van der Waals surface area contributed by atoms with Crippen LogP contribution in [-0.2, 0) is 19.4 Å². The Labute approximate surface area is 127 Å². The summed E-state index contributed by atoms with van der Waals surface area (Å²) in [6, 6.07) is 0. The average molecular weight is 296 g/mol. The van der Waals surface area contributed by atoms with E-state index in [0.29, 0.717) is 31.0 Å². The minimum absolute atomic E-state index is 0.0759. The van der Waals surface area contributed by atoms with Gasteiger partial charge in [0, 0.05) is 12.1 Å². The molecule has 21 heavy (non-hydrogen) atoms. The maximum Gasteiger partial charge on any atom is 0.313 e. The van der Waals surface area contributed by atoms with Crippen LogP contribution in [0.3, 0.4) is 0 Å². The molecule has 0 spiro atoms. The summed E-state index contributed by atoms with van der Waals surface area (Å²) in [5.74, 6) is 0.360. The molecule has 0 fully saturated rings. The highest BCUT2D eigenvalue weighted by atomic mass is 16.6. The lowest BCUT2D eigenvalue weighted by molar-refractivity contribution is -0.386. The molecule has 120 valence electrons. The van der Waals surface area contributed by atoms with Crippen molar-refractivity contribution in [1.29, 1.82) is 0 Å². The molecule has 1 aromatic heterocycles. The SMILES string of the molecule is CCc1nn(CC(C)CNC(C)(C)C)c(CC)c1[N+](=O)[O-]. The smallest absolute Gasteiger partial charge is 0.312 e. The van der Waals surface area contributed by atoms with Crippen LogP contribution in [0.15, 0.2) is 0 Å². The molecule has 1 heterocycles. The molecule has 0 saturated heterocycles. The fraction of sp³-hybridized carbons (Fsp3) is 0.800. The molecule has 6 heteroatoms. The summed E-state index contributed by atoms with van der Waals surface area (Å²) in [6.07, 6.45) is 1.22. The normalized spacial score (nSPS) is 13.4. The van der Waals surface area contributed by atoms with Gasteiger partial charge in [-0.05, 0) is 46.1 Å². The number of nitrogens with zero attached hydrogens (tertiary/aromatic N) is 3. The zero-order chi connectivity index (χ0) is 16.2. The van der Waals surface area contributed by atoms with Gasteiger partial charge in [-0.25, -0.2) is 0 Å². The van der Waals surface area contributed by atoms with Crippen LogP contribution in [-0.4, -0.2) is 26.8 Å². The van der Waals surface area contributed by atoms with E-state index in [0.717, 1.165) is 12.2 Å². The number of hydrogen-bond donors (Lipinski definition) is 1. The first-order valence-electron chi connectivity index (χ1n) is 7.67. The van der Waals surface area contributed by atoms with Gasteiger partial charge in [-0.1, -0.05) is 20.8 Å². The summed E-state index contributed by atoms with van der Waals surface area (Å²) >= 11 is 0. The number of aryl methyl sites for hydroxylation is 1. The Hall–Kier alpha value is -1.43. The Bertz CT molecular complexity index is 489. The number of aromatic nitrogens is 2. The number of nitro groups is 1. The van der Waals surface area contributed by atoms with E-state index >= 15 is 0 Å². The lowest BCUT2D eigenvalue weighted by Gasteiger charge is -2.23. The summed E-state index contributed by atoms with van der Waals surface area (Å²) in [7, 11) is 0. The predicted molar refractivity (Wildman–Crippen MR) is 84.6 cm³/mol. The van der Waals surface area contributed by atoms with Crippen molar-refractivity contribution < 1.29 is 4.92 Å². The number of rotatable bonds is 7. The van der Waals surface area contributed by atoms with Gasteiger partial charge < -0.3 is 5.32 Å². The van der Waals surface area contributed by atoms with E-state index in [1.54, 1.807) is 0 Å². The van der Waals surface area contributed by atoms with Crippen molar-refractivity contribution in [1.82, 2.24) is 15.1 Å². The first kappa shape index (κ1) is 17.6. The third-order valence-electron chi connectivity index (χ3n) is 3.42. The third kappa shape index (κ3) is 4.81. The fourth-order valence-electron chi connectivity index (χ4n) is 2.33. The topological polar surface area (TPSA) is 73.0 Å². The van der Waals surface area contributed by atoms with Crippen LogP contribution in [0, 0.1) is 16.0 Å². The van der Waals surface area contributed by atoms with Gasteiger partial charge >= 0.3 is 5.69 Å². The van der Waals surface area contributed by atoms with Gasteiger partial charge in [0.25, 0.3) is 0 Å². The third-order valence-corrected chi connectivity index (χ3v) is 3.42. The Morgan fingerprint density at radius 2 is 1.95 bits per heavy atom. The fourth-order valence-corrected chi connectivity index (χ4v) is 2.33. The average Bonchev–Trinajstić information content (AvgIpc) is 2.73. The van der Waals surface area contributed by atoms with Crippen molar-refractivity contribution in [3.05, 3.63) is 21.5 Å². The van der Waals surface area contributed by atoms with Crippen LogP contribution < -0.4 is 5.32 Å². The van der Waals surface area contributed by atoms with Crippen LogP contribution in [0.4, 0.5) is 5.69 Å². The van der Waals surface area contributed by atoms with Crippen molar-refractivity contribution in [2.45, 2.75) is 66.5 Å². The van der Waals surface area contributed by atoms with E-state index in [2.05, 4.69) is 38.1 Å². The second kappa shape index (κ2) is 7.02. The zero-order valence-electron chi connectivity index (χ0n) is 14.1. The Kier molecular flexibility index (Phi) is 5.89. The van der Waals surface area contributed by atoms with Crippen molar-refractivity contribution in [3.8, 4) is 0 Å². The molecule has 1 unspecified atom stereocenters. The summed E-state index contributed by atoms with van der Waals surface area (Å²) in [5, 5.41) is 19.2. The number of hydrogen-bond acceptors (Lipinski definition) is 4. The maximum absolute atomic E-state index is 11.3.